The maximum absolute atomic E-state index is 5.26. The molecule has 0 N–H and O–H groups in total. The van der Waals surface area contributed by atoms with Crippen LogP contribution in [0.2, 0.25) is 0 Å². The Labute approximate surface area is 76.2 Å². The van der Waals surface area contributed by atoms with Crippen molar-refractivity contribution in [3.8, 4) is 0 Å². The van der Waals surface area contributed by atoms with Crippen molar-refractivity contribution in [2.75, 3.05) is 6.61 Å². The molecule has 0 saturated carbocycles. The first-order valence-corrected chi connectivity index (χ1v) is 4.69. The van der Waals surface area contributed by atoms with Crippen molar-refractivity contribution in [3.63, 3.8) is 0 Å². The van der Waals surface area contributed by atoms with Crippen LogP contribution in [0, 0.1) is 11.3 Å². The van der Waals surface area contributed by atoms with E-state index >= 15 is 0 Å². The van der Waals surface area contributed by atoms with Crippen LogP contribution >= 0.6 is 0 Å². The molecule has 1 nitrogen and oxygen atoms in total. The van der Waals surface area contributed by atoms with Gasteiger partial charge in [-0.05, 0) is 0 Å². The molecule has 0 fully saturated rings. The third-order valence-corrected chi connectivity index (χ3v) is 2.86. The van der Waals surface area contributed by atoms with E-state index in [0.717, 1.165) is 6.61 Å². The second-order valence-electron chi connectivity index (χ2n) is 3.96. The van der Waals surface area contributed by atoms with E-state index in [0.29, 0.717) is 11.3 Å². The molecule has 0 spiro atoms. The first-order valence-electron chi connectivity index (χ1n) is 3.84. The molecule has 1 aliphatic rings. The van der Waals surface area contributed by atoms with E-state index in [1.165, 1.54) is 4.42 Å². The Kier molecular flexibility index (Phi) is 2.56. The van der Waals surface area contributed by atoms with E-state index in [1.54, 1.807) is 6.26 Å². The summed E-state index contributed by atoms with van der Waals surface area (Å²) in [7, 11) is 0. The monoisotopic (exact) mass is 218 g/mol. The van der Waals surface area contributed by atoms with Gasteiger partial charge in [0, 0.05) is 0 Å². The maximum atomic E-state index is 5.26. The number of hydrogen-bond acceptors (Lipinski definition) is 1. The molecule has 11 heavy (non-hydrogen) atoms. The summed E-state index contributed by atoms with van der Waals surface area (Å²) in [5.74, 6) is 0.521. The minimum atomic E-state index is 0.297. The first kappa shape index (κ1) is 9.02. The molecule has 62 valence electrons. The standard InChI is InChI=1S/C9H14OSe/c1-9(2,3)7-6-10-5-4-8(7)11/h4-5,7H,6H2,1-3H3. The van der Waals surface area contributed by atoms with E-state index in [2.05, 4.69) is 36.3 Å². The van der Waals surface area contributed by atoms with Crippen LogP contribution < -0.4 is 0 Å². The average Bonchev–Trinajstić information content (AvgIpc) is 1.86. The first-order chi connectivity index (χ1) is 5.02. The number of rotatable bonds is 0. The summed E-state index contributed by atoms with van der Waals surface area (Å²) in [6, 6.07) is 0. The summed E-state index contributed by atoms with van der Waals surface area (Å²) in [5.41, 5.74) is 0.297. The third-order valence-electron chi connectivity index (χ3n) is 1.98. The van der Waals surface area contributed by atoms with Crippen molar-refractivity contribution in [1.82, 2.24) is 0 Å². The van der Waals surface area contributed by atoms with Gasteiger partial charge >= 0.3 is 75.8 Å². The molecule has 1 atom stereocenters. The van der Waals surface area contributed by atoms with Crippen LogP contribution in [0.15, 0.2) is 12.3 Å². The number of allylic oxidation sites excluding steroid dienone is 1. The van der Waals surface area contributed by atoms with E-state index in [4.69, 9.17) is 4.74 Å². The Bertz CT molecular complexity index is 188. The van der Waals surface area contributed by atoms with E-state index in [1.807, 2.05) is 6.08 Å². The molecule has 1 aliphatic heterocycles. The fraction of sp³-hybridized carbons (Fsp3) is 0.667. The Hall–Kier alpha value is -0.0705. The normalized spacial score (nSPS) is 25.0. The van der Waals surface area contributed by atoms with E-state index in [-0.39, 0.29) is 0 Å². The molecule has 2 heteroatoms. The summed E-state index contributed by atoms with van der Waals surface area (Å²) >= 11 is 3.09. The third kappa shape index (κ3) is 2.18. The van der Waals surface area contributed by atoms with Gasteiger partial charge < -0.3 is 0 Å². The van der Waals surface area contributed by atoms with Gasteiger partial charge in [0.1, 0.15) is 0 Å². The SMILES string of the molecule is CC(C)(C)C1COC=CC1=[Se]. The molecule has 0 bridgehead atoms. The number of ether oxygens (including phenoxy) is 1. The Balaban J connectivity index is 2.74. The quantitative estimate of drug-likeness (QED) is 0.559. The summed E-state index contributed by atoms with van der Waals surface area (Å²) < 4.78 is 6.57. The van der Waals surface area contributed by atoms with Gasteiger partial charge in [0.2, 0.25) is 0 Å². The van der Waals surface area contributed by atoms with Gasteiger partial charge in [0.15, 0.2) is 0 Å². The van der Waals surface area contributed by atoms with Gasteiger partial charge in [0.25, 0.3) is 0 Å². The fourth-order valence-electron chi connectivity index (χ4n) is 1.14. The van der Waals surface area contributed by atoms with Crippen molar-refractivity contribution in [3.05, 3.63) is 12.3 Å². The number of hydrogen-bond donors (Lipinski definition) is 0. The van der Waals surface area contributed by atoms with E-state index in [9.17, 15) is 0 Å². The second kappa shape index (κ2) is 3.12. The predicted molar refractivity (Wildman–Crippen MR) is 48.8 cm³/mol. The summed E-state index contributed by atoms with van der Waals surface area (Å²) in [4.78, 5) is 0. The summed E-state index contributed by atoms with van der Waals surface area (Å²) in [6.45, 7) is 7.51. The molecule has 0 aromatic heterocycles. The molecule has 0 radical (unpaired) electrons. The van der Waals surface area contributed by atoms with Gasteiger partial charge in [-0.3, -0.25) is 0 Å². The summed E-state index contributed by atoms with van der Waals surface area (Å²) in [6.07, 6.45) is 3.77. The zero-order valence-electron chi connectivity index (χ0n) is 7.26. The molecule has 1 heterocycles. The topological polar surface area (TPSA) is 9.23 Å². The molecule has 0 aromatic rings. The van der Waals surface area contributed by atoms with Crippen LogP contribution in [-0.4, -0.2) is 26.6 Å². The van der Waals surface area contributed by atoms with Crippen LogP contribution in [0.1, 0.15) is 20.8 Å². The van der Waals surface area contributed by atoms with Gasteiger partial charge in [-0.1, -0.05) is 0 Å². The van der Waals surface area contributed by atoms with Gasteiger partial charge in [-0.15, -0.1) is 0 Å². The van der Waals surface area contributed by atoms with Crippen LogP contribution in [0.3, 0.4) is 0 Å². The molecule has 1 rings (SSSR count). The van der Waals surface area contributed by atoms with Crippen LogP contribution in [0.4, 0.5) is 0 Å². The van der Waals surface area contributed by atoms with Crippen molar-refractivity contribution in [2.24, 2.45) is 11.3 Å². The summed E-state index contributed by atoms with van der Waals surface area (Å²) in [5, 5.41) is 0. The zero-order chi connectivity index (χ0) is 8.48. The van der Waals surface area contributed by atoms with Crippen LogP contribution in [0.5, 0.6) is 0 Å². The average molecular weight is 217 g/mol. The second-order valence-corrected chi connectivity index (χ2v) is 4.95. The Morgan fingerprint density at radius 2 is 2.18 bits per heavy atom. The van der Waals surface area contributed by atoms with Gasteiger partial charge in [-0.25, -0.2) is 0 Å². The zero-order valence-corrected chi connectivity index (χ0v) is 8.97. The molecular weight excluding hydrogens is 203 g/mol. The molecule has 0 aromatic carbocycles. The molecule has 1 unspecified atom stereocenters. The van der Waals surface area contributed by atoms with Crippen LogP contribution in [0.25, 0.3) is 0 Å². The van der Waals surface area contributed by atoms with Gasteiger partial charge in [-0.2, -0.15) is 0 Å². The molecule has 0 saturated heterocycles. The van der Waals surface area contributed by atoms with Crippen molar-refractivity contribution in [1.29, 1.82) is 0 Å². The minimum absolute atomic E-state index is 0.297. The molecule has 0 aliphatic carbocycles. The van der Waals surface area contributed by atoms with Crippen molar-refractivity contribution >= 4 is 20.0 Å². The molecule has 0 amide bonds. The van der Waals surface area contributed by atoms with Crippen molar-refractivity contribution in [2.45, 2.75) is 20.8 Å². The fourth-order valence-corrected chi connectivity index (χ4v) is 2.14. The van der Waals surface area contributed by atoms with Gasteiger partial charge in [0.05, 0.1) is 0 Å². The Morgan fingerprint density at radius 3 is 2.55 bits per heavy atom. The van der Waals surface area contributed by atoms with Crippen molar-refractivity contribution < 1.29 is 4.74 Å². The Morgan fingerprint density at radius 1 is 1.55 bits per heavy atom. The van der Waals surface area contributed by atoms with E-state index < -0.39 is 0 Å². The predicted octanol–water partition coefficient (Wildman–Crippen LogP) is 1.53. The molecular formula is C9H14OSe. The van der Waals surface area contributed by atoms with Crippen LogP contribution in [-0.2, 0) is 4.74 Å².